The molecule has 2 rings (SSSR count). The summed E-state index contributed by atoms with van der Waals surface area (Å²) in [7, 11) is 1.14. The number of halogens is 2. The summed E-state index contributed by atoms with van der Waals surface area (Å²) in [5, 5.41) is 2.85. The quantitative estimate of drug-likeness (QED) is 0.873. The summed E-state index contributed by atoms with van der Waals surface area (Å²) in [5.74, 6) is -2.54. The molecule has 5 heteroatoms. The lowest BCUT2D eigenvalue weighted by molar-refractivity contribution is 0.0595. The van der Waals surface area contributed by atoms with Crippen molar-refractivity contribution in [3.63, 3.8) is 0 Å². The lowest BCUT2D eigenvalue weighted by Gasteiger charge is -2.10. The monoisotopic (exact) mass is 291 g/mol. The van der Waals surface area contributed by atoms with Crippen LogP contribution in [0.3, 0.4) is 0 Å². The first-order valence-corrected chi connectivity index (χ1v) is 6.38. The third kappa shape index (κ3) is 3.56. The van der Waals surface area contributed by atoms with Gasteiger partial charge in [0.05, 0.1) is 18.4 Å². The van der Waals surface area contributed by atoms with Crippen LogP contribution < -0.4 is 5.32 Å². The molecule has 110 valence electrons. The van der Waals surface area contributed by atoms with Crippen LogP contribution in [0.2, 0.25) is 0 Å². The summed E-state index contributed by atoms with van der Waals surface area (Å²) in [6.45, 7) is 2.32. The first-order valence-electron chi connectivity index (χ1n) is 6.38. The second-order valence-corrected chi connectivity index (χ2v) is 4.65. The van der Waals surface area contributed by atoms with Crippen molar-refractivity contribution in [2.75, 3.05) is 12.4 Å². The second kappa shape index (κ2) is 6.35. The molecule has 1 N–H and O–H groups in total. The summed E-state index contributed by atoms with van der Waals surface area (Å²) >= 11 is 0. The Hall–Kier alpha value is -2.43. The highest BCUT2D eigenvalue weighted by atomic mass is 19.1. The Labute approximate surface area is 121 Å². The smallest absolute Gasteiger partial charge is 0.340 e. The number of aryl methyl sites for hydroxylation is 1. The van der Waals surface area contributed by atoms with Gasteiger partial charge in [-0.25, -0.2) is 13.6 Å². The molecule has 0 heterocycles. The number of esters is 1. The molecule has 3 nitrogen and oxygen atoms in total. The van der Waals surface area contributed by atoms with E-state index in [-0.39, 0.29) is 11.3 Å². The number of carbonyl (C=O) groups excluding carboxylic acids is 1. The Bertz CT molecular complexity index is 671. The minimum atomic E-state index is -0.944. The topological polar surface area (TPSA) is 38.3 Å². The maximum atomic E-state index is 13.7. The second-order valence-electron chi connectivity index (χ2n) is 4.65. The standard InChI is InChI=1S/C16H15F2NO2/c1-10-4-3-5-11(6-10)9-19-15-7-12(16(20)21-2)13(17)8-14(15)18/h3-8,19H,9H2,1-2H3. The predicted octanol–water partition coefficient (Wildman–Crippen LogP) is 3.67. The third-order valence-corrected chi connectivity index (χ3v) is 3.03. The minimum absolute atomic E-state index is 0.0540. The molecule has 0 bridgehead atoms. The Morgan fingerprint density at radius 2 is 1.95 bits per heavy atom. The van der Waals surface area contributed by atoms with Gasteiger partial charge in [-0.3, -0.25) is 0 Å². The van der Waals surface area contributed by atoms with Crippen molar-refractivity contribution in [2.24, 2.45) is 0 Å². The Morgan fingerprint density at radius 1 is 1.19 bits per heavy atom. The van der Waals surface area contributed by atoms with Crippen molar-refractivity contribution in [1.82, 2.24) is 0 Å². The molecule has 0 aliphatic rings. The first-order chi connectivity index (χ1) is 10.0. The molecule has 21 heavy (non-hydrogen) atoms. The molecule has 0 radical (unpaired) electrons. The third-order valence-electron chi connectivity index (χ3n) is 3.03. The van der Waals surface area contributed by atoms with Crippen LogP contribution in [0.15, 0.2) is 36.4 Å². The summed E-state index contributed by atoms with van der Waals surface area (Å²) in [6, 6.07) is 9.49. The van der Waals surface area contributed by atoms with Crippen LogP contribution >= 0.6 is 0 Å². The fraction of sp³-hybridized carbons (Fsp3) is 0.188. The van der Waals surface area contributed by atoms with E-state index in [4.69, 9.17) is 0 Å². The highest BCUT2D eigenvalue weighted by Gasteiger charge is 2.16. The predicted molar refractivity (Wildman–Crippen MR) is 76.2 cm³/mol. The average molecular weight is 291 g/mol. The zero-order chi connectivity index (χ0) is 15.4. The van der Waals surface area contributed by atoms with Crippen LogP contribution in [0.25, 0.3) is 0 Å². The molecule has 0 atom stereocenters. The maximum Gasteiger partial charge on any atom is 0.340 e. The summed E-state index contributed by atoms with van der Waals surface area (Å²) in [4.78, 5) is 11.4. The summed E-state index contributed by atoms with van der Waals surface area (Å²) < 4.78 is 31.7. The van der Waals surface area contributed by atoms with Gasteiger partial charge in [-0.15, -0.1) is 0 Å². The van der Waals surface area contributed by atoms with Crippen LogP contribution in [0.4, 0.5) is 14.5 Å². The van der Waals surface area contributed by atoms with Gasteiger partial charge in [-0.2, -0.15) is 0 Å². The van der Waals surface area contributed by atoms with E-state index in [0.717, 1.165) is 24.3 Å². The number of carbonyl (C=O) groups is 1. The van der Waals surface area contributed by atoms with Crippen molar-refractivity contribution in [2.45, 2.75) is 13.5 Å². The molecule has 0 spiro atoms. The van der Waals surface area contributed by atoms with Gasteiger partial charge in [-0.05, 0) is 18.6 Å². The van der Waals surface area contributed by atoms with Crippen LogP contribution in [-0.2, 0) is 11.3 Å². The number of nitrogens with one attached hydrogen (secondary N) is 1. The highest BCUT2D eigenvalue weighted by Crippen LogP contribution is 2.21. The van der Waals surface area contributed by atoms with Crippen LogP contribution in [0.1, 0.15) is 21.5 Å². The van der Waals surface area contributed by atoms with Crippen molar-refractivity contribution in [3.05, 3.63) is 64.7 Å². The van der Waals surface area contributed by atoms with E-state index in [1.165, 1.54) is 0 Å². The van der Waals surface area contributed by atoms with Gasteiger partial charge < -0.3 is 10.1 Å². The van der Waals surface area contributed by atoms with Gasteiger partial charge in [-0.1, -0.05) is 29.8 Å². The summed E-state index contributed by atoms with van der Waals surface area (Å²) in [5.41, 5.74) is 1.80. The number of methoxy groups -OCH3 is 1. The molecule has 0 saturated heterocycles. The lowest BCUT2D eigenvalue weighted by Crippen LogP contribution is -2.08. The first kappa shape index (κ1) is 15.0. The molecule has 0 aliphatic carbocycles. The van der Waals surface area contributed by atoms with E-state index in [1.54, 1.807) is 0 Å². The SMILES string of the molecule is COC(=O)c1cc(NCc2cccc(C)c2)c(F)cc1F. The van der Waals surface area contributed by atoms with Gasteiger partial charge in [0.25, 0.3) is 0 Å². The molecule has 0 amide bonds. The highest BCUT2D eigenvalue weighted by molar-refractivity contribution is 5.90. The Balaban J connectivity index is 2.21. The van der Waals surface area contributed by atoms with Crippen LogP contribution in [0, 0.1) is 18.6 Å². The average Bonchev–Trinajstić information content (AvgIpc) is 2.45. The van der Waals surface area contributed by atoms with Gasteiger partial charge in [0.1, 0.15) is 11.6 Å². The molecular formula is C16H15F2NO2. The van der Waals surface area contributed by atoms with E-state index in [2.05, 4.69) is 10.1 Å². The van der Waals surface area contributed by atoms with Gasteiger partial charge in [0.15, 0.2) is 0 Å². The van der Waals surface area contributed by atoms with Crippen molar-refractivity contribution < 1.29 is 18.3 Å². The zero-order valence-corrected chi connectivity index (χ0v) is 11.7. The number of hydrogen-bond donors (Lipinski definition) is 1. The van der Waals surface area contributed by atoms with Crippen molar-refractivity contribution >= 4 is 11.7 Å². The molecule has 0 unspecified atom stereocenters. The van der Waals surface area contributed by atoms with Gasteiger partial charge >= 0.3 is 5.97 Å². The number of rotatable bonds is 4. The fourth-order valence-electron chi connectivity index (χ4n) is 1.97. The molecule has 2 aromatic rings. The van der Waals surface area contributed by atoms with Crippen LogP contribution in [-0.4, -0.2) is 13.1 Å². The van der Waals surface area contributed by atoms with Gasteiger partial charge in [0, 0.05) is 12.6 Å². The van der Waals surface area contributed by atoms with E-state index in [0.29, 0.717) is 12.6 Å². The zero-order valence-electron chi connectivity index (χ0n) is 11.7. The molecule has 0 saturated carbocycles. The molecule has 2 aromatic carbocycles. The normalized spacial score (nSPS) is 10.3. The Kier molecular flexibility index (Phi) is 4.52. The number of hydrogen-bond acceptors (Lipinski definition) is 3. The van der Waals surface area contributed by atoms with Crippen LogP contribution in [0.5, 0.6) is 0 Å². The molecule has 0 aromatic heterocycles. The number of anilines is 1. The molecule has 0 aliphatic heterocycles. The summed E-state index contributed by atoms with van der Waals surface area (Å²) in [6.07, 6.45) is 0. The van der Waals surface area contributed by atoms with E-state index in [1.807, 2.05) is 31.2 Å². The largest absolute Gasteiger partial charge is 0.465 e. The fourth-order valence-corrected chi connectivity index (χ4v) is 1.97. The van der Waals surface area contributed by atoms with E-state index in [9.17, 15) is 13.6 Å². The molecule has 0 fully saturated rings. The van der Waals surface area contributed by atoms with E-state index < -0.39 is 17.6 Å². The van der Waals surface area contributed by atoms with Gasteiger partial charge in [0.2, 0.25) is 0 Å². The maximum absolute atomic E-state index is 13.7. The minimum Gasteiger partial charge on any atom is -0.465 e. The number of benzene rings is 2. The van der Waals surface area contributed by atoms with E-state index >= 15 is 0 Å². The Morgan fingerprint density at radius 3 is 2.62 bits per heavy atom. The van der Waals surface area contributed by atoms with Crippen molar-refractivity contribution in [3.8, 4) is 0 Å². The lowest BCUT2D eigenvalue weighted by atomic mass is 10.1. The molecular weight excluding hydrogens is 276 g/mol. The number of ether oxygens (including phenoxy) is 1. The van der Waals surface area contributed by atoms with Crippen molar-refractivity contribution in [1.29, 1.82) is 0 Å².